The van der Waals surface area contributed by atoms with Gasteiger partial charge < -0.3 is 20.4 Å². The first kappa shape index (κ1) is 11.8. The minimum atomic E-state index is -0.505. The normalized spacial score (nSPS) is 10.9. The highest BCUT2D eigenvalue weighted by Crippen LogP contribution is 2.18. The molecule has 1 aromatic rings. The number of ether oxygens (including phenoxy) is 2. The molecule has 0 heterocycles. The van der Waals surface area contributed by atoms with Gasteiger partial charge in [0.15, 0.2) is 5.84 Å². The van der Waals surface area contributed by atoms with Crippen LogP contribution in [0.4, 0.5) is 0 Å². The highest BCUT2D eigenvalue weighted by Gasteiger charge is 2.12. The first-order chi connectivity index (χ1) is 7.69. The second kappa shape index (κ2) is 5.59. The zero-order valence-corrected chi connectivity index (χ0v) is 8.71. The lowest BCUT2D eigenvalue weighted by Crippen LogP contribution is -2.21. The van der Waals surface area contributed by atoms with Gasteiger partial charge in [-0.1, -0.05) is 17.3 Å². The molecule has 1 rings (SSSR count). The van der Waals surface area contributed by atoms with Gasteiger partial charge in [-0.15, -0.1) is 0 Å². The van der Waals surface area contributed by atoms with Gasteiger partial charge in [0.2, 0.25) is 0 Å². The molecular formula is C10H12N2O4. The van der Waals surface area contributed by atoms with Gasteiger partial charge in [0.25, 0.3) is 0 Å². The summed E-state index contributed by atoms with van der Waals surface area (Å²) >= 11 is 0. The Bertz CT molecular complexity index is 404. The molecule has 0 atom stereocenters. The van der Waals surface area contributed by atoms with Crippen molar-refractivity contribution in [3.63, 3.8) is 0 Å². The lowest BCUT2D eigenvalue weighted by molar-refractivity contribution is 0.0596. The van der Waals surface area contributed by atoms with Gasteiger partial charge in [-0.3, -0.25) is 0 Å². The van der Waals surface area contributed by atoms with Crippen molar-refractivity contribution in [2.75, 3.05) is 13.7 Å². The smallest absolute Gasteiger partial charge is 0.341 e. The lowest BCUT2D eigenvalue weighted by Gasteiger charge is -2.08. The molecule has 0 aliphatic rings. The van der Waals surface area contributed by atoms with E-state index < -0.39 is 5.97 Å². The number of carbonyl (C=O) groups excluding carboxylic acids is 1. The topological polar surface area (TPSA) is 94.1 Å². The standard InChI is InChI=1S/C10H12N2O4/c1-15-10(13)7-4-2-3-5-8(7)16-6-9(11)12-14/h2-5,14H,6H2,1H3,(H2,11,12). The highest BCUT2D eigenvalue weighted by atomic mass is 16.5. The van der Waals surface area contributed by atoms with Crippen LogP contribution in [0.1, 0.15) is 10.4 Å². The zero-order valence-electron chi connectivity index (χ0n) is 8.71. The van der Waals surface area contributed by atoms with Crippen LogP contribution in [0.15, 0.2) is 29.4 Å². The van der Waals surface area contributed by atoms with Gasteiger partial charge >= 0.3 is 5.97 Å². The van der Waals surface area contributed by atoms with Crippen LogP contribution < -0.4 is 10.5 Å². The maximum Gasteiger partial charge on any atom is 0.341 e. The molecule has 0 aliphatic heterocycles. The maximum absolute atomic E-state index is 11.3. The molecule has 6 nitrogen and oxygen atoms in total. The summed E-state index contributed by atoms with van der Waals surface area (Å²) in [6.07, 6.45) is 0. The number of oxime groups is 1. The van der Waals surface area contributed by atoms with Gasteiger partial charge in [-0.05, 0) is 12.1 Å². The molecule has 0 saturated carbocycles. The molecular weight excluding hydrogens is 212 g/mol. The molecule has 6 heteroatoms. The third-order valence-corrected chi connectivity index (χ3v) is 1.80. The van der Waals surface area contributed by atoms with E-state index in [1.54, 1.807) is 24.3 Å². The summed E-state index contributed by atoms with van der Waals surface area (Å²) in [7, 11) is 1.28. The lowest BCUT2D eigenvalue weighted by atomic mass is 10.2. The number of para-hydroxylation sites is 1. The summed E-state index contributed by atoms with van der Waals surface area (Å²) in [5.41, 5.74) is 5.53. The van der Waals surface area contributed by atoms with Crippen molar-refractivity contribution in [1.29, 1.82) is 0 Å². The quantitative estimate of drug-likeness (QED) is 0.257. The van der Waals surface area contributed by atoms with Crippen molar-refractivity contribution in [2.45, 2.75) is 0 Å². The van der Waals surface area contributed by atoms with Crippen LogP contribution in [0.25, 0.3) is 0 Å². The van der Waals surface area contributed by atoms with Crippen LogP contribution in [-0.2, 0) is 4.74 Å². The molecule has 86 valence electrons. The zero-order chi connectivity index (χ0) is 12.0. The van der Waals surface area contributed by atoms with E-state index in [4.69, 9.17) is 15.7 Å². The fourth-order valence-corrected chi connectivity index (χ4v) is 1.05. The molecule has 0 bridgehead atoms. The number of carbonyl (C=O) groups is 1. The third-order valence-electron chi connectivity index (χ3n) is 1.80. The average molecular weight is 224 g/mol. The van der Waals surface area contributed by atoms with E-state index in [0.717, 1.165) is 0 Å². The third kappa shape index (κ3) is 2.88. The highest BCUT2D eigenvalue weighted by molar-refractivity contribution is 5.92. The number of benzene rings is 1. The molecule has 0 amide bonds. The molecule has 0 spiro atoms. The predicted molar refractivity (Wildman–Crippen MR) is 56.7 cm³/mol. The number of nitrogens with two attached hydrogens (primary N) is 1. The molecule has 0 unspecified atom stereocenters. The van der Waals surface area contributed by atoms with Crippen molar-refractivity contribution in [3.05, 3.63) is 29.8 Å². The number of amidine groups is 1. The summed E-state index contributed by atoms with van der Waals surface area (Å²) in [6, 6.07) is 6.54. The van der Waals surface area contributed by atoms with Gasteiger partial charge in [-0.2, -0.15) is 0 Å². The number of nitrogens with zero attached hydrogens (tertiary/aromatic N) is 1. The molecule has 3 N–H and O–H groups in total. The SMILES string of the molecule is COC(=O)c1ccccc1OC/C(N)=N/O. The molecule has 0 aromatic heterocycles. The Labute approximate surface area is 92.3 Å². The van der Waals surface area contributed by atoms with Crippen LogP contribution in [0.5, 0.6) is 5.75 Å². The molecule has 0 radical (unpaired) electrons. The summed E-state index contributed by atoms with van der Waals surface area (Å²) in [4.78, 5) is 11.3. The largest absolute Gasteiger partial charge is 0.485 e. The maximum atomic E-state index is 11.3. The Hall–Kier alpha value is -2.24. The van der Waals surface area contributed by atoms with E-state index in [1.807, 2.05) is 0 Å². The van der Waals surface area contributed by atoms with Crippen molar-refractivity contribution >= 4 is 11.8 Å². The molecule has 16 heavy (non-hydrogen) atoms. The summed E-state index contributed by atoms with van der Waals surface area (Å²) in [6.45, 7) is -0.107. The van der Waals surface area contributed by atoms with Crippen molar-refractivity contribution in [1.82, 2.24) is 0 Å². The van der Waals surface area contributed by atoms with Crippen molar-refractivity contribution < 1.29 is 19.5 Å². The number of methoxy groups -OCH3 is 1. The monoisotopic (exact) mass is 224 g/mol. The van der Waals surface area contributed by atoms with Crippen LogP contribution in [0, 0.1) is 0 Å². The van der Waals surface area contributed by atoms with E-state index in [9.17, 15) is 4.79 Å². The van der Waals surface area contributed by atoms with Gasteiger partial charge in [0.05, 0.1) is 7.11 Å². The Morgan fingerprint density at radius 3 is 2.81 bits per heavy atom. The Balaban J connectivity index is 2.83. The summed E-state index contributed by atoms with van der Waals surface area (Å²) in [5, 5.41) is 11.1. The van der Waals surface area contributed by atoms with Crippen LogP contribution >= 0.6 is 0 Å². The van der Waals surface area contributed by atoms with Gasteiger partial charge in [0.1, 0.15) is 17.9 Å². The fourth-order valence-electron chi connectivity index (χ4n) is 1.05. The van der Waals surface area contributed by atoms with E-state index in [2.05, 4.69) is 9.89 Å². The molecule has 1 aromatic carbocycles. The first-order valence-electron chi connectivity index (χ1n) is 4.45. The van der Waals surface area contributed by atoms with Crippen molar-refractivity contribution in [3.8, 4) is 5.75 Å². The first-order valence-corrected chi connectivity index (χ1v) is 4.45. The Kier molecular flexibility index (Phi) is 4.14. The number of hydrogen-bond acceptors (Lipinski definition) is 5. The Morgan fingerprint density at radius 1 is 1.50 bits per heavy atom. The number of esters is 1. The van der Waals surface area contributed by atoms with E-state index in [0.29, 0.717) is 5.75 Å². The van der Waals surface area contributed by atoms with Gasteiger partial charge in [-0.25, -0.2) is 4.79 Å². The second-order valence-electron chi connectivity index (χ2n) is 2.87. The average Bonchev–Trinajstić information content (AvgIpc) is 2.35. The van der Waals surface area contributed by atoms with Crippen LogP contribution in [0.2, 0.25) is 0 Å². The van der Waals surface area contributed by atoms with E-state index in [-0.39, 0.29) is 18.0 Å². The summed E-state index contributed by atoms with van der Waals surface area (Å²) < 4.78 is 9.78. The fraction of sp³-hybridized carbons (Fsp3) is 0.200. The van der Waals surface area contributed by atoms with Crippen molar-refractivity contribution in [2.24, 2.45) is 10.9 Å². The second-order valence-corrected chi connectivity index (χ2v) is 2.87. The van der Waals surface area contributed by atoms with Gasteiger partial charge in [0, 0.05) is 0 Å². The molecule has 0 fully saturated rings. The number of rotatable bonds is 4. The Morgan fingerprint density at radius 2 is 2.19 bits per heavy atom. The van der Waals surface area contributed by atoms with Crippen LogP contribution in [-0.4, -0.2) is 30.7 Å². The minimum Gasteiger partial charge on any atom is -0.485 e. The molecule has 0 aliphatic carbocycles. The van der Waals surface area contributed by atoms with E-state index >= 15 is 0 Å². The molecule has 0 saturated heterocycles. The minimum absolute atomic E-state index is 0.0836. The number of hydrogen-bond donors (Lipinski definition) is 2. The summed E-state index contributed by atoms with van der Waals surface area (Å²) in [5.74, 6) is -0.268. The van der Waals surface area contributed by atoms with E-state index in [1.165, 1.54) is 7.11 Å². The predicted octanol–water partition coefficient (Wildman–Crippen LogP) is 0.598. The van der Waals surface area contributed by atoms with Crippen LogP contribution in [0.3, 0.4) is 0 Å².